The van der Waals surface area contributed by atoms with Gasteiger partial charge in [-0.2, -0.15) is 0 Å². The highest BCUT2D eigenvalue weighted by Crippen LogP contribution is 2.20. The van der Waals surface area contributed by atoms with Crippen molar-refractivity contribution >= 4 is 5.91 Å². The average molecular weight is 320 g/mol. The van der Waals surface area contributed by atoms with E-state index < -0.39 is 11.5 Å². The monoisotopic (exact) mass is 320 g/mol. The van der Waals surface area contributed by atoms with Crippen LogP contribution in [0.1, 0.15) is 74.0 Å². The molecule has 1 heterocycles. The highest BCUT2D eigenvalue weighted by molar-refractivity contribution is 5.94. The summed E-state index contributed by atoms with van der Waals surface area (Å²) in [6.07, 6.45) is 6.94. The third-order valence-corrected chi connectivity index (χ3v) is 4.59. The number of carbonyl (C=O) groups excluding carboxylic acids is 1. The minimum Gasteiger partial charge on any atom is -0.388 e. The number of hydrogen-bond acceptors (Lipinski definition) is 3. The molecule has 0 fully saturated rings. The van der Waals surface area contributed by atoms with Gasteiger partial charge in [0.25, 0.3) is 11.5 Å². The summed E-state index contributed by atoms with van der Waals surface area (Å²) < 4.78 is 0. The molecule has 1 aliphatic rings. The molecule has 0 unspecified atom stereocenters. The maximum atomic E-state index is 12.4. The summed E-state index contributed by atoms with van der Waals surface area (Å²) in [7, 11) is 0. The Kier molecular flexibility index (Phi) is 5.99. The minimum atomic E-state index is -0.889. The Labute approximate surface area is 137 Å². The van der Waals surface area contributed by atoms with E-state index in [1.165, 1.54) is 0 Å². The first-order valence-corrected chi connectivity index (χ1v) is 8.74. The number of pyridine rings is 1. The molecule has 0 aromatic carbocycles. The SMILES string of the molecule is CCCC(O)(CCC)CNC(=O)c1cc2c([nH]c1=O)CCCC2. The quantitative estimate of drug-likeness (QED) is 0.721. The van der Waals surface area contributed by atoms with Crippen molar-refractivity contribution in [2.75, 3.05) is 6.54 Å². The van der Waals surface area contributed by atoms with Crippen molar-refractivity contribution in [3.8, 4) is 0 Å². The van der Waals surface area contributed by atoms with E-state index in [9.17, 15) is 14.7 Å². The van der Waals surface area contributed by atoms with Crippen LogP contribution < -0.4 is 10.9 Å². The molecule has 1 aromatic rings. The van der Waals surface area contributed by atoms with E-state index >= 15 is 0 Å². The zero-order valence-corrected chi connectivity index (χ0v) is 14.2. The van der Waals surface area contributed by atoms with Crippen molar-refractivity contribution in [1.82, 2.24) is 10.3 Å². The highest BCUT2D eigenvalue weighted by atomic mass is 16.3. The first-order chi connectivity index (χ1) is 11.0. The van der Waals surface area contributed by atoms with Crippen LogP contribution in [0.5, 0.6) is 0 Å². The topological polar surface area (TPSA) is 82.2 Å². The molecule has 5 heteroatoms. The Balaban J connectivity index is 2.10. The van der Waals surface area contributed by atoms with E-state index in [0.717, 1.165) is 49.8 Å². The largest absolute Gasteiger partial charge is 0.388 e. The van der Waals surface area contributed by atoms with Gasteiger partial charge in [0.1, 0.15) is 5.56 Å². The standard InChI is InChI=1S/C18H28N2O3/c1-3-9-18(23,10-4-2)12-19-16(21)14-11-13-7-5-6-8-15(13)20-17(14)22/h11,23H,3-10,12H2,1-2H3,(H,19,21)(H,20,22). The van der Waals surface area contributed by atoms with Gasteiger partial charge in [-0.25, -0.2) is 0 Å². The smallest absolute Gasteiger partial charge is 0.261 e. The van der Waals surface area contributed by atoms with Crippen molar-refractivity contribution < 1.29 is 9.90 Å². The number of aromatic nitrogens is 1. The van der Waals surface area contributed by atoms with Crippen molar-refractivity contribution in [3.63, 3.8) is 0 Å². The number of amides is 1. The second kappa shape index (κ2) is 7.77. The number of aryl methyl sites for hydroxylation is 2. The normalized spacial score (nSPS) is 14.4. The van der Waals surface area contributed by atoms with Gasteiger partial charge < -0.3 is 15.4 Å². The summed E-state index contributed by atoms with van der Waals surface area (Å²) in [4.78, 5) is 27.3. The average Bonchev–Trinajstić information content (AvgIpc) is 2.52. The van der Waals surface area contributed by atoms with Gasteiger partial charge >= 0.3 is 0 Å². The Morgan fingerprint density at radius 1 is 1.26 bits per heavy atom. The third-order valence-electron chi connectivity index (χ3n) is 4.59. The lowest BCUT2D eigenvalue weighted by molar-refractivity contribution is 0.0213. The van der Waals surface area contributed by atoms with E-state index in [0.29, 0.717) is 12.8 Å². The van der Waals surface area contributed by atoms with Gasteiger partial charge in [0.05, 0.1) is 5.60 Å². The molecule has 0 bridgehead atoms. The number of aromatic amines is 1. The second-order valence-electron chi connectivity index (χ2n) is 6.63. The molecule has 3 N–H and O–H groups in total. The summed E-state index contributed by atoms with van der Waals surface area (Å²) in [6, 6.07) is 1.72. The zero-order chi connectivity index (χ0) is 16.9. The number of fused-ring (bicyclic) bond motifs is 1. The summed E-state index contributed by atoms with van der Waals surface area (Å²) in [5, 5.41) is 13.3. The number of carbonyl (C=O) groups is 1. The van der Waals surface area contributed by atoms with Crippen LogP contribution in [0.15, 0.2) is 10.9 Å². The fourth-order valence-electron chi connectivity index (χ4n) is 3.42. The molecule has 5 nitrogen and oxygen atoms in total. The lowest BCUT2D eigenvalue weighted by atomic mass is 9.92. The van der Waals surface area contributed by atoms with Gasteiger partial charge in [0.15, 0.2) is 0 Å². The van der Waals surface area contributed by atoms with Crippen LogP contribution >= 0.6 is 0 Å². The summed E-state index contributed by atoms with van der Waals surface area (Å²) in [6.45, 7) is 4.21. The van der Waals surface area contributed by atoms with Crippen LogP contribution in [0.25, 0.3) is 0 Å². The number of H-pyrrole nitrogens is 1. The molecule has 128 valence electrons. The summed E-state index contributed by atoms with van der Waals surface area (Å²) >= 11 is 0. The van der Waals surface area contributed by atoms with E-state index in [4.69, 9.17) is 0 Å². The van der Waals surface area contributed by atoms with Crippen LogP contribution in [-0.4, -0.2) is 28.1 Å². The molecular formula is C18H28N2O3. The number of nitrogens with one attached hydrogen (secondary N) is 2. The van der Waals surface area contributed by atoms with Gasteiger partial charge in [0, 0.05) is 12.2 Å². The highest BCUT2D eigenvalue weighted by Gasteiger charge is 2.26. The molecule has 0 aliphatic heterocycles. The van der Waals surface area contributed by atoms with Gasteiger partial charge in [-0.3, -0.25) is 9.59 Å². The number of hydrogen-bond donors (Lipinski definition) is 3. The van der Waals surface area contributed by atoms with Crippen molar-refractivity contribution in [2.45, 2.75) is 70.8 Å². The molecule has 1 amide bonds. The Bertz CT molecular complexity index is 601. The zero-order valence-electron chi connectivity index (χ0n) is 14.2. The second-order valence-corrected chi connectivity index (χ2v) is 6.63. The van der Waals surface area contributed by atoms with Crippen molar-refractivity contribution in [2.24, 2.45) is 0 Å². The van der Waals surface area contributed by atoms with Crippen LogP contribution in [0, 0.1) is 0 Å². The van der Waals surface area contributed by atoms with E-state index in [1.807, 2.05) is 13.8 Å². The van der Waals surface area contributed by atoms with Gasteiger partial charge in [-0.05, 0) is 50.2 Å². The Hall–Kier alpha value is -1.62. The third kappa shape index (κ3) is 4.44. The maximum Gasteiger partial charge on any atom is 0.261 e. The molecular weight excluding hydrogens is 292 g/mol. The van der Waals surface area contributed by atoms with Crippen molar-refractivity contribution in [1.29, 1.82) is 0 Å². The number of rotatable bonds is 7. The molecule has 1 aliphatic carbocycles. The molecule has 1 aromatic heterocycles. The first-order valence-electron chi connectivity index (χ1n) is 8.74. The molecule has 0 spiro atoms. The first kappa shape index (κ1) is 17.7. The van der Waals surface area contributed by atoms with Crippen LogP contribution in [0.2, 0.25) is 0 Å². The van der Waals surface area contributed by atoms with Crippen LogP contribution in [0.3, 0.4) is 0 Å². The van der Waals surface area contributed by atoms with E-state index in [1.54, 1.807) is 6.07 Å². The molecule has 0 radical (unpaired) electrons. The summed E-state index contributed by atoms with van der Waals surface area (Å²) in [5.74, 6) is -0.398. The molecule has 0 saturated heterocycles. The maximum absolute atomic E-state index is 12.4. The fraction of sp³-hybridized carbons (Fsp3) is 0.667. The van der Waals surface area contributed by atoms with Crippen LogP contribution in [-0.2, 0) is 12.8 Å². The minimum absolute atomic E-state index is 0.154. The van der Waals surface area contributed by atoms with E-state index in [-0.39, 0.29) is 17.7 Å². The Morgan fingerprint density at radius 3 is 2.57 bits per heavy atom. The fourth-order valence-corrected chi connectivity index (χ4v) is 3.42. The molecule has 2 rings (SSSR count). The lowest BCUT2D eigenvalue weighted by Crippen LogP contribution is -2.44. The van der Waals surface area contributed by atoms with Gasteiger partial charge in [0.2, 0.25) is 0 Å². The molecule has 0 atom stereocenters. The van der Waals surface area contributed by atoms with Crippen molar-refractivity contribution in [3.05, 3.63) is 33.2 Å². The lowest BCUT2D eigenvalue weighted by Gasteiger charge is -2.27. The van der Waals surface area contributed by atoms with Crippen LogP contribution in [0.4, 0.5) is 0 Å². The predicted molar refractivity (Wildman–Crippen MR) is 90.8 cm³/mol. The van der Waals surface area contributed by atoms with Gasteiger partial charge in [-0.15, -0.1) is 0 Å². The Morgan fingerprint density at radius 2 is 1.91 bits per heavy atom. The summed E-state index contributed by atoms with van der Waals surface area (Å²) in [5.41, 5.74) is 0.962. The molecule has 0 saturated carbocycles. The number of aliphatic hydroxyl groups is 1. The van der Waals surface area contributed by atoms with Gasteiger partial charge in [-0.1, -0.05) is 26.7 Å². The van der Waals surface area contributed by atoms with E-state index in [2.05, 4.69) is 10.3 Å². The predicted octanol–water partition coefficient (Wildman–Crippen LogP) is 2.31. The molecule has 23 heavy (non-hydrogen) atoms.